The Morgan fingerprint density at radius 3 is 2.60 bits per heavy atom. The number of amides is 1. The van der Waals surface area contributed by atoms with Crippen molar-refractivity contribution in [1.82, 2.24) is 10.2 Å². The summed E-state index contributed by atoms with van der Waals surface area (Å²) in [6, 6.07) is 0.600. The van der Waals surface area contributed by atoms with Crippen LogP contribution < -0.4 is 5.32 Å². The minimum absolute atomic E-state index is 0.197. The van der Waals surface area contributed by atoms with E-state index >= 15 is 0 Å². The van der Waals surface area contributed by atoms with Gasteiger partial charge in [0, 0.05) is 25.7 Å². The van der Waals surface area contributed by atoms with Gasteiger partial charge in [0.25, 0.3) is 0 Å². The van der Waals surface area contributed by atoms with Crippen LogP contribution in [0.5, 0.6) is 0 Å². The average molecular weight is 349 g/mol. The van der Waals surface area contributed by atoms with Crippen molar-refractivity contribution >= 4 is 6.09 Å². The van der Waals surface area contributed by atoms with Gasteiger partial charge in [-0.1, -0.05) is 32.4 Å². The number of hydrogen-bond acceptors (Lipinski definition) is 3. The molecule has 4 nitrogen and oxygen atoms in total. The van der Waals surface area contributed by atoms with Crippen LogP contribution in [0.2, 0.25) is 0 Å². The molecule has 25 heavy (non-hydrogen) atoms. The molecule has 1 amide bonds. The molecule has 3 rings (SSSR count). The van der Waals surface area contributed by atoms with Crippen LogP contribution in [0.1, 0.15) is 67.2 Å². The Morgan fingerprint density at radius 1 is 1.36 bits per heavy atom. The SMILES string of the molecule is CC(C)(C)OC(=O)N1CC=C(CNC2C(C)(C)[C@H]3CC[C@]2(C)C3)CC1. The maximum absolute atomic E-state index is 12.2. The van der Waals surface area contributed by atoms with E-state index in [1.165, 1.54) is 24.8 Å². The predicted molar refractivity (Wildman–Crippen MR) is 102 cm³/mol. The second-order valence-corrected chi connectivity index (χ2v) is 10.3. The molecule has 1 unspecified atom stereocenters. The molecule has 3 atom stereocenters. The third kappa shape index (κ3) is 3.74. The van der Waals surface area contributed by atoms with E-state index in [0.717, 1.165) is 25.4 Å². The van der Waals surface area contributed by atoms with E-state index in [2.05, 4.69) is 32.2 Å². The maximum Gasteiger partial charge on any atom is 0.410 e. The van der Waals surface area contributed by atoms with Crippen molar-refractivity contribution < 1.29 is 9.53 Å². The molecule has 0 saturated heterocycles. The summed E-state index contributed by atoms with van der Waals surface area (Å²) in [7, 11) is 0. The molecule has 3 aliphatic rings. The van der Waals surface area contributed by atoms with Crippen molar-refractivity contribution in [2.24, 2.45) is 16.7 Å². The van der Waals surface area contributed by atoms with E-state index in [1.807, 2.05) is 20.8 Å². The van der Waals surface area contributed by atoms with Crippen LogP contribution in [0.15, 0.2) is 11.6 Å². The Labute approximate surface area is 153 Å². The quantitative estimate of drug-likeness (QED) is 0.771. The van der Waals surface area contributed by atoms with Gasteiger partial charge < -0.3 is 15.0 Å². The molecule has 0 spiro atoms. The molecule has 2 bridgehead atoms. The highest BCUT2D eigenvalue weighted by atomic mass is 16.6. The Hall–Kier alpha value is -1.03. The van der Waals surface area contributed by atoms with Gasteiger partial charge in [-0.2, -0.15) is 0 Å². The normalized spacial score (nSPS) is 34.2. The molecule has 0 aromatic heterocycles. The second kappa shape index (κ2) is 6.29. The largest absolute Gasteiger partial charge is 0.444 e. The number of carbonyl (C=O) groups is 1. The first-order valence-corrected chi connectivity index (χ1v) is 9.90. The van der Waals surface area contributed by atoms with E-state index < -0.39 is 5.60 Å². The molecule has 142 valence electrons. The number of ether oxygens (including phenoxy) is 1. The summed E-state index contributed by atoms with van der Waals surface area (Å²) in [6.07, 6.45) is 7.10. The van der Waals surface area contributed by atoms with Gasteiger partial charge in [-0.15, -0.1) is 0 Å². The zero-order valence-corrected chi connectivity index (χ0v) is 16.9. The van der Waals surface area contributed by atoms with E-state index in [-0.39, 0.29) is 6.09 Å². The Morgan fingerprint density at radius 2 is 2.08 bits per heavy atom. The van der Waals surface area contributed by atoms with Gasteiger partial charge in [-0.05, 0) is 63.2 Å². The van der Waals surface area contributed by atoms with Crippen LogP contribution in [0.25, 0.3) is 0 Å². The molecule has 2 saturated carbocycles. The molecule has 1 N–H and O–H groups in total. The zero-order valence-electron chi connectivity index (χ0n) is 16.9. The number of hydrogen-bond donors (Lipinski definition) is 1. The van der Waals surface area contributed by atoms with Gasteiger partial charge in [0.1, 0.15) is 5.60 Å². The summed E-state index contributed by atoms with van der Waals surface area (Å²) in [5, 5.41) is 3.89. The monoisotopic (exact) mass is 348 g/mol. The fourth-order valence-corrected chi connectivity index (χ4v) is 5.41. The van der Waals surface area contributed by atoms with E-state index in [0.29, 0.717) is 23.4 Å². The molecule has 0 aromatic carbocycles. The molecule has 1 heterocycles. The van der Waals surface area contributed by atoms with Gasteiger partial charge in [-0.25, -0.2) is 4.79 Å². The average Bonchev–Trinajstić information content (AvgIpc) is 2.97. The van der Waals surface area contributed by atoms with Crippen molar-refractivity contribution in [1.29, 1.82) is 0 Å². The molecule has 4 heteroatoms. The first-order valence-electron chi connectivity index (χ1n) is 9.90. The van der Waals surface area contributed by atoms with Gasteiger partial charge in [0.05, 0.1) is 0 Å². The summed E-state index contributed by atoms with van der Waals surface area (Å²) in [5.74, 6) is 0.873. The highest BCUT2D eigenvalue weighted by Gasteiger charge is 2.58. The van der Waals surface area contributed by atoms with Crippen LogP contribution >= 0.6 is 0 Å². The molecule has 2 aliphatic carbocycles. The fourth-order valence-electron chi connectivity index (χ4n) is 5.41. The second-order valence-electron chi connectivity index (χ2n) is 10.3. The Kier molecular flexibility index (Phi) is 4.72. The number of fused-ring (bicyclic) bond motifs is 2. The predicted octanol–water partition coefficient (Wildman–Crippen LogP) is 4.36. The lowest BCUT2D eigenvalue weighted by atomic mass is 9.68. The Balaban J connectivity index is 1.53. The summed E-state index contributed by atoms with van der Waals surface area (Å²) in [6.45, 7) is 15.5. The van der Waals surface area contributed by atoms with E-state index in [4.69, 9.17) is 4.74 Å². The number of carbonyl (C=O) groups excluding carboxylic acids is 1. The summed E-state index contributed by atoms with van der Waals surface area (Å²) >= 11 is 0. The van der Waals surface area contributed by atoms with Gasteiger partial charge in [-0.3, -0.25) is 0 Å². The topological polar surface area (TPSA) is 41.6 Å². The van der Waals surface area contributed by atoms with Crippen molar-refractivity contribution in [2.45, 2.75) is 78.9 Å². The molecule has 1 aliphatic heterocycles. The summed E-state index contributed by atoms with van der Waals surface area (Å²) in [5.41, 5.74) is 1.87. The van der Waals surface area contributed by atoms with Crippen molar-refractivity contribution in [3.05, 3.63) is 11.6 Å². The van der Waals surface area contributed by atoms with Crippen LogP contribution in [-0.4, -0.2) is 42.3 Å². The highest BCUT2D eigenvalue weighted by molar-refractivity contribution is 5.68. The van der Waals surface area contributed by atoms with Gasteiger partial charge in [0.2, 0.25) is 0 Å². The third-order valence-electron chi connectivity index (χ3n) is 6.76. The standard InChI is InChI=1S/C21H36N2O2/c1-19(2,3)25-18(24)23-11-8-15(9-12-23)14-22-17-20(4,5)16-7-10-21(17,6)13-16/h8,16-17,22H,7,9-14H2,1-6H3/t16-,17?,21+/m0/s1. The first-order chi connectivity index (χ1) is 11.5. The minimum atomic E-state index is -0.425. The minimum Gasteiger partial charge on any atom is -0.444 e. The number of rotatable bonds is 3. The van der Waals surface area contributed by atoms with Crippen molar-refractivity contribution in [2.75, 3.05) is 19.6 Å². The highest BCUT2D eigenvalue weighted by Crippen LogP contribution is 2.62. The fraction of sp³-hybridized carbons (Fsp3) is 0.857. The molecule has 0 radical (unpaired) electrons. The lowest BCUT2D eigenvalue weighted by Gasteiger charge is -2.43. The van der Waals surface area contributed by atoms with E-state index in [9.17, 15) is 4.79 Å². The van der Waals surface area contributed by atoms with Crippen LogP contribution in [-0.2, 0) is 4.74 Å². The van der Waals surface area contributed by atoms with Crippen molar-refractivity contribution in [3.8, 4) is 0 Å². The lowest BCUT2D eigenvalue weighted by Crippen LogP contribution is -2.51. The van der Waals surface area contributed by atoms with Crippen LogP contribution in [0, 0.1) is 16.7 Å². The third-order valence-corrected chi connectivity index (χ3v) is 6.76. The molecular formula is C21H36N2O2. The molecular weight excluding hydrogens is 312 g/mol. The van der Waals surface area contributed by atoms with Crippen molar-refractivity contribution in [3.63, 3.8) is 0 Å². The Bertz CT molecular complexity index is 556. The summed E-state index contributed by atoms with van der Waals surface area (Å²) in [4.78, 5) is 14.0. The van der Waals surface area contributed by atoms with Gasteiger partial charge >= 0.3 is 6.09 Å². The number of nitrogens with one attached hydrogen (secondary N) is 1. The lowest BCUT2D eigenvalue weighted by molar-refractivity contribution is 0.0265. The maximum atomic E-state index is 12.2. The molecule has 0 aromatic rings. The zero-order chi connectivity index (χ0) is 18.5. The first kappa shape index (κ1) is 18.8. The van der Waals surface area contributed by atoms with Crippen LogP contribution in [0.3, 0.4) is 0 Å². The van der Waals surface area contributed by atoms with Crippen LogP contribution in [0.4, 0.5) is 4.79 Å². The van der Waals surface area contributed by atoms with Gasteiger partial charge in [0.15, 0.2) is 0 Å². The number of nitrogens with zero attached hydrogens (tertiary/aromatic N) is 1. The smallest absolute Gasteiger partial charge is 0.410 e. The van der Waals surface area contributed by atoms with E-state index in [1.54, 1.807) is 4.90 Å². The molecule has 2 fully saturated rings. The summed E-state index contributed by atoms with van der Waals surface area (Å²) < 4.78 is 5.47.